The number of aryl methyl sites for hydroxylation is 1. The summed E-state index contributed by atoms with van der Waals surface area (Å²) in [6.07, 6.45) is -0.835. The second kappa shape index (κ2) is 3.62. The second-order valence-electron chi connectivity index (χ2n) is 3.42. The van der Waals surface area contributed by atoms with Crippen LogP contribution in [0, 0.1) is 6.92 Å². The van der Waals surface area contributed by atoms with E-state index in [9.17, 15) is 4.79 Å². The minimum absolute atomic E-state index is 0.252. The highest BCUT2D eigenvalue weighted by molar-refractivity contribution is 6.31. The quantitative estimate of drug-likeness (QED) is 0.770. The second-order valence-corrected chi connectivity index (χ2v) is 3.83. The molecule has 0 saturated carbocycles. The van der Waals surface area contributed by atoms with Crippen LogP contribution in [0.15, 0.2) is 12.1 Å². The van der Waals surface area contributed by atoms with Gasteiger partial charge in [0, 0.05) is 5.02 Å². The molecule has 1 aromatic carbocycles. The number of carboxylic acid groups (broad SMARTS) is 1. The number of benzene rings is 1. The molecule has 0 aromatic heterocycles. The van der Waals surface area contributed by atoms with Gasteiger partial charge in [-0.15, -0.1) is 0 Å². The van der Waals surface area contributed by atoms with Gasteiger partial charge in [-0.2, -0.15) is 0 Å². The third-order valence-corrected chi connectivity index (χ3v) is 2.69. The monoisotopic (exact) mass is 227 g/mol. The zero-order chi connectivity index (χ0) is 11.0. The smallest absolute Gasteiger partial charge is 0.346 e. The van der Waals surface area contributed by atoms with Crippen LogP contribution in [0.5, 0.6) is 5.75 Å². The van der Waals surface area contributed by atoms with Gasteiger partial charge in [0.15, 0.2) is 0 Å². The zero-order valence-corrected chi connectivity index (χ0v) is 8.84. The maximum absolute atomic E-state index is 10.7. The van der Waals surface area contributed by atoms with E-state index in [4.69, 9.17) is 21.4 Å². The zero-order valence-electron chi connectivity index (χ0n) is 8.08. The average molecular weight is 228 g/mol. The van der Waals surface area contributed by atoms with Crippen molar-refractivity contribution in [1.82, 2.24) is 0 Å². The van der Waals surface area contributed by atoms with E-state index in [1.807, 2.05) is 6.92 Å². The van der Waals surface area contributed by atoms with Crippen LogP contribution >= 0.6 is 11.6 Å². The van der Waals surface area contributed by atoms with E-state index in [-0.39, 0.29) is 6.54 Å². The van der Waals surface area contributed by atoms with E-state index < -0.39 is 12.1 Å². The van der Waals surface area contributed by atoms with Gasteiger partial charge >= 0.3 is 5.97 Å². The third-order valence-electron chi connectivity index (χ3n) is 2.28. The fraction of sp³-hybridized carbons (Fsp3) is 0.300. The first-order valence-corrected chi connectivity index (χ1v) is 4.89. The van der Waals surface area contributed by atoms with E-state index in [0.29, 0.717) is 10.8 Å². The van der Waals surface area contributed by atoms with Crippen molar-refractivity contribution in [3.8, 4) is 5.75 Å². The lowest BCUT2D eigenvalue weighted by molar-refractivity contribution is -0.144. The average Bonchev–Trinajstić information content (AvgIpc) is 2.19. The van der Waals surface area contributed by atoms with Gasteiger partial charge in [0.2, 0.25) is 6.10 Å². The summed E-state index contributed by atoms with van der Waals surface area (Å²) in [4.78, 5) is 10.7. The Morgan fingerprint density at radius 2 is 2.40 bits per heavy atom. The maximum atomic E-state index is 10.7. The number of halogens is 1. The first-order chi connectivity index (χ1) is 7.08. The Morgan fingerprint density at radius 3 is 3.07 bits per heavy atom. The van der Waals surface area contributed by atoms with Crippen molar-refractivity contribution in [3.05, 3.63) is 22.7 Å². The summed E-state index contributed by atoms with van der Waals surface area (Å²) < 4.78 is 5.31. The molecule has 4 nitrogen and oxygen atoms in total. The van der Waals surface area contributed by atoms with Crippen molar-refractivity contribution >= 4 is 23.3 Å². The first kappa shape index (κ1) is 10.1. The topological polar surface area (TPSA) is 58.6 Å². The molecule has 0 radical (unpaired) electrons. The largest absolute Gasteiger partial charge is 0.478 e. The summed E-state index contributed by atoms with van der Waals surface area (Å²) in [7, 11) is 0. The number of anilines is 1. The van der Waals surface area contributed by atoms with Crippen molar-refractivity contribution in [2.24, 2.45) is 0 Å². The van der Waals surface area contributed by atoms with Crippen molar-refractivity contribution < 1.29 is 14.6 Å². The Labute approximate surface area is 91.8 Å². The van der Waals surface area contributed by atoms with Gasteiger partial charge in [-0.25, -0.2) is 4.79 Å². The fourth-order valence-electron chi connectivity index (χ4n) is 1.43. The van der Waals surface area contributed by atoms with Crippen molar-refractivity contribution in [1.29, 1.82) is 0 Å². The molecule has 0 saturated heterocycles. The maximum Gasteiger partial charge on any atom is 0.346 e. The van der Waals surface area contributed by atoms with Crippen LogP contribution in [0.1, 0.15) is 5.56 Å². The number of carboxylic acids is 1. The van der Waals surface area contributed by atoms with Gasteiger partial charge in [0.05, 0.1) is 12.2 Å². The summed E-state index contributed by atoms with van der Waals surface area (Å²) >= 11 is 5.93. The summed E-state index contributed by atoms with van der Waals surface area (Å²) in [6.45, 7) is 2.10. The van der Waals surface area contributed by atoms with Gasteiger partial charge in [-0.3, -0.25) is 0 Å². The number of hydrogen-bond acceptors (Lipinski definition) is 3. The minimum Gasteiger partial charge on any atom is -0.478 e. The predicted octanol–water partition coefficient (Wildman–Crippen LogP) is 1.91. The highest BCUT2D eigenvalue weighted by Crippen LogP contribution is 2.33. The van der Waals surface area contributed by atoms with E-state index in [1.54, 1.807) is 12.1 Å². The molecule has 0 bridgehead atoms. The molecule has 1 aliphatic heterocycles. The Hall–Kier alpha value is -1.42. The molecule has 1 unspecified atom stereocenters. The highest BCUT2D eigenvalue weighted by atomic mass is 35.5. The highest BCUT2D eigenvalue weighted by Gasteiger charge is 2.25. The van der Waals surface area contributed by atoms with E-state index in [2.05, 4.69) is 5.32 Å². The molecule has 1 aliphatic rings. The molecule has 0 amide bonds. The number of fused-ring (bicyclic) bond motifs is 1. The molecule has 0 aliphatic carbocycles. The Kier molecular flexibility index (Phi) is 2.44. The first-order valence-electron chi connectivity index (χ1n) is 4.51. The minimum atomic E-state index is -0.972. The summed E-state index contributed by atoms with van der Waals surface area (Å²) in [5, 5.41) is 12.4. The molecule has 0 fully saturated rings. The number of rotatable bonds is 1. The van der Waals surface area contributed by atoms with Gasteiger partial charge < -0.3 is 15.2 Å². The number of ether oxygens (including phenoxy) is 1. The molecule has 5 heteroatoms. The van der Waals surface area contributed by atoms with Crippen LogP contribution in [0.25, 0.3) is 0 Å². The normalized spacial score (nSPS) is 18.7. The molecule has 2 N–H and O–H groups in total. The van der Waals surface area contributed by atoms with Crippen molar-refractivity contribution in [2.75, 3.05) is 11.9 Å². The van der Waals surface area contributed by atoms with E-state index >= 15 is 0 Å². The lowest BCUT2D eigenvalue weighted by Gasteiger charge is -2.25. The summed E-state index contributed by atoms with van der Waals surface area (Å²) in [6, 6.07) is 3.48. The molecule has 1 atom stereocenters. The van der Waals surface area contributed by atoms with Crippen LogP contribution in [0.4, 0.5) is 5.69 Å². The van der Waals surface area contributed by atoms with Crippen molar-refractivity contribution in [2.45, 2.75) is 13.0 Å². The standard InChI is InChI=1S/C10H10ClNO3/c1-5-2-8-7(3-6(5)11)12-4-9(15-8)10(13)14/h2-3,9,12H,4H2,1H3,(H,13,14). The molecule has 1 heterocycles. The summed E-state index contributed by atoms with van der Waals surface area (Å²) in [5.74, 6) is -0.434. The molecular weight excluding hydrogens is 218 g/mol. The van der Waals surface area contributed by atoms with Gasteiger partial charge in [-0.05, 0) is 24.6 Å². The SMILES string of the molecule is Cc1cc2c(cc1Cl)NCC(C(=O)O)O2. The van der Waals surface area contributed by atoms with Gasteiger partial charge in [-0.1, -0.05) is 11.6 Å². The van der Waals surface area contributed by atoms with Gasteiger partial charge in [0.1, 0.15) is 5.75 Å². The van der Waals surface area contributed by atoms with Crippen LogP contribution in [-0.4, -0.2) is 23.7 Å². The van der Waals surface area contributed by atoms with Crippen LogP contribution in [0.3, 0.4) is 0 Å². The van der Waals surface area contributed by atoms with Crippen LogP contribution < -0.4 is 10.1 Å². The molecule has 1 aromatic rings. The Morgan fingerprint density at radius 1 is 1.67 bits per heavy atom. The molecular formula is C10H10ClNO3. The van der Waals surface area contributed by atoms with Gasteiger partial charge in [0.25, 0.3) is 0 Å². The lowest BCUT2D eigenvalue weighted by atomic mass is 10.1. The van der Waals surface area contributed by atoms with E-state index in [1.165, 1.54) is 0 Å². The Balaban J connectivity index is 2.34. The number of nitrogens with one attached hydrogen (secondary N) is 1. The molecule has 2 rings (SSSR count). The van der Waals surface area contributed by atoms with Crippen molar-refractivity contribution in [3.63, 3.8) is 0 Å². The van der Waals surface area contributed by atoms with Crippen LogP contribution in [0.2, 0.25) is 5.02 Å². The number of aliphatic carboxylic acids is 1. The third kappa shape index (κ3) is 1.85. The number of carbonyl (C=O) groups is 1. The molecule has 15 heavy (non-hydrogen) atoms. The number of hydrogen-bond donors (Lipinski definition) is 2. The molecule has 0 spiro atoms. The van der Waals surface area contributed by atoms with Crippen LogP contribution in [-0.2, 0) is 4.79 Å². The summed E-state index contributed by atoms with van der Waals surface area (Å²) in [5.41, 5.74) is 1.60. The molecule has 80 valence electrons. The van der Waals surface area contributed by atoms with E-state index in [0.717, 1.165) is 11.3 Å². The Bertz CT molecular complexity index is 419. The lowest BCUT2D eigenvalue weighted by Crippen LogP contribution is -2.37. The predicted molar refractivity (Wildman–Crippen MR) is 56.7 cm³/mol. The fourth-order valence-corrected chi connectivity index (χ4v) is 1.59.